The van der Waals surface area contributed by atoms with E-state index in [2.05, 4.69) is 43.5 Å². The summed E-state index contributed by atoms with van der Waals surface area (Å²) in [6, 6.07) is -0.804. The van der Waals surface area contributed by atoms with Gasteiger partial charge in [0.2, 0.25) is 5.91 Å². The zero-order chi connectivity index (χ0) is 43.0. The monoisotopic (exact) mass is 836 g/mol. The molecule has 0 saturated carbocycles. The second-order valence-corrected chi connectivity index (χ2v) is 17.3. The minimum absolute atomic E-state index is 0.180. The van der Waals surface area contributed by atoms with Crippen molar-refractivity contribution in [3.8, 4) is 0 Å². The quantitative estimate of drug-likeness (QED) is 0.0263. The number of nitrogens with one attached hydrogen (secondary N) is 1. The van der Waals surface area contributed by atoms with Crippen molar-refractivity contribution in [1.29, 1.82) is 0 Å². The van der Waals surface area contributed by atoms with Crippen LogP contribution < -0.4 is 5.32 Å². The van der Waals surface area contributed by atoms with Crippen LogP contribution in [0.3, 0.4) is 0 Å². The third-order valence-corrected chi connectivity index (χ3v) is 11.7. The van der Waals surface area contributed by atoms with Crippen molar-refractivity contribution in [2.75, 3.05) is 13.2 Å². The largest absolute Gasteiger partial charge is 0.394 e. The molecular weight excluding hydrogens is 743 g/mol. The average Bonchev–Trinajstić information content (AvgIpc) is 3.23. The van der Waals surface area contributed by atoms with Gasteiger partial charge >= 0.3 is 0 Å². The van der Waals surface area contributed by atoms with E-state index in [1.807, 2.05) is 6.08 Å². The molecule has 1 aliphatic heterocycles. The topological polar surface area (TPSA) is 149 Å². The van der Waals surface area contributed by atoms with Gasteiger partial charge in [-0.3, -0.25) is 4.79 Å². The molecule has 9 nitrogen and oxygen atoms in total. The highest BCUT2D eigenvalue weighted by Gasteiger charge is 2.44. The van der Waals surface area contributed by atoms with Gasteiger partial charge in [0.25, 0.3) is 0 Å². The van der Waals surface area contributed by atoms with Crippen molar-refractivity contribution in [3.05, 3.63) is 36.5 Å². The molecule has 0 aromatic carbocycles. The molecule has 1 saturated heterocycles. The molecule has 9 heteroatoms. The second kappa shape index (κ2) is 40.5. The van der Waals surface area contributed by atoms with E-state index in [0.717, 1.165) is 44.9 Å². The first kappa shape index (κ1) is 55.4. The normalized spacial score (nSPS) is 21.0. The first-order chi connectivity index (χ1) is 28.8. The fourth-order valence-corrected chi connectivity index (χ4v) is 7.72. The van der Waals surface area contributed by atoms with E-state index in [1.54, 1.807) is 6.08 Å². The fraction of sp³-hybridized carbons (Fsp3) is 0.860. The van der Waals surface area contributed by atoms with Crippen molar-refractivity contribution in [3.63, 3.8) is 0 Å². The number of hydrogen-bond acceptors (Lipinski definition) is 8. The van der Waals surface area contributed by atoms with Gasteiger partial charge in [-0.05, 0) is 51.4 Å². The smallest absolute Gasteiger partial charge is 0.220 e. The zero-order valence-electron chi connectivity index (χ0n) is 38.0. The summed E-state index contributed by atoms with van der Waals surface area (Å²) >= 11 is 0. The lowest BCUT2D eigenvalue weighted by Gasteiger charge is -2.40. The van der Waals surface area contributed by atoms with E-state index in [4.69, 9.17) is 9.47 Å². The van der Waals surface area contributed by atoms with Gasteiger partial charge in [-0.2, -0.15) is 0 Å². The van der Waals surface area contributed by atoms with E-state index in [1.165, 1.54) is 154 Å². The standard InChI is InChI=1S/C50H93NO8/c1-3-5-7-9-11-13-15-17-18-19-20-21-22-23-24-25-26-28-30-32-34-36-38-40-46(54)51-43(42-58-50-49(57)48(56)47(55)45(41-52)59-50)44(53)39-37-35-33-31-29-27-16-14-12-10-8-6-4-2/h15,17,19-20,37,39,43-45,47-50,52-53,55-57H,3-14,16,18,21-36,38,40-42H2,1-2H3,(H,51,54)/b17-15-,20-19-,39-37+. The third kappa shape index (κ3) is 31.0. The van der Waals surface area contributed by atoms with E-state index in [-0.39, 0.29) is 12.5 Å². The molecule has 1 heterocycles. The van der Waals surface area contributed by atoms with Gasteiger partial charge in [-0.25, -0.2) is 0 Å². The Morgan fingerprint density at radius 2 is 1.00 bits per heavy atom. The SMILES string of the molecule is CCCCCCC/C=C\C/C=C\CCCCCCCCCCCCCC(=O)NC(COC1OC(CO)C(O)C(O)C1O)C(O)/C=C/CCCCCCCCCCCCC. The summed E-state index contributed by atoms with van der Waals surface area (Å²) in [5.74, 6) is -0.180. The van der Waals surface area contributed by atoms with Gasteiger partial charge in [0, 0.05) is 6.42 Å². The molecule has 1 fully saturated rings. The first-order valence-electron chi connectivity index (χ1n) is 24.7. The lowest BCUT2D eigenvalue weighted by atomic mass is 9.99. The number of allylic oxidation sites excluding steroid dienone is 5. The van der Waals surface area contributed by atoms with Crippen molar-refractivity contribution < 1.29 is 39.8 Å². The Kier molecular flexibility index (Phi) is 38.0. The fourth-order valence-electron chi connectivity index (χ4n) is 7.72. The molecule has 0 aromatic heterocycles. The minimum Gasteiger partial charge on any atom is -0.394 e. The molecule has 1 rings (SSSR count). The predicted octanol–water partition coefficient (Wildman–Crippen LogP) is 10.8. The second-order valence-electron chi connectivity index (χ2n) is 17.3. The molecule has 0 radical (unpaired) electrons. The third-order valence-electron chi connectivity index (χ3n) is 11.7. The number of carbonyl (C=O) groups is 1. The number of ether oxygens (including phenoxy) is 2. The number of aliphatic hydroxyl groups is 5. The molecule has 1 amide bonds. The predicted molar refractivity (Wildman–Crippen MR) is 244 cm³/mol. The average molecular weight is 836 g/mol. The molecule has 7 unspecified atom stereocenters. The Hall–Kier alpha value is -1.59. The van der Waals surface area contributed by atoms with Crippen LogP contribution in [0, 0.1) is 0 Å². The lowest BCUT2D eigenvalue weighted by molar-refractivity contribution is -0.302. The van der Waals surface area contributed by atoms with Crippen LogP contribution in [-0.2, 0) is 14.3 Å². The maximum absolute atomic E-state index is 13.0. The van der Waals surface area contributed by atoms with Crippen LogP contribution in [0.2, 0.25) is 0 Å². The van der Waals surface area contributed by atoms with Gasteiger partial charge in [0.15, 0.2) is 6.29 Å². The molecule has 7 atom stereocenters. The number of amides is 1. The van der Waals surface area contributed by atoms with Gasteiger partial charge < -0.3 is 40.3 Å². The first-order valence-corrected chi connectivity index (χ1v) is 24.7. The number of hydrogen-bond donors (Lipinski definition) is 6. The number of unbranched alkanes of at least 4 members (excludes halogenated alkanes) is 27. The van der Waals surface area contributed by atoms with E-state index in [0.29, 0.717) is 6.42 Å². The number of rotatable bonds is 41. The van der Waals surface area contributed by atoms with Gasteiger partial charge in [-0.1, -0.05) is 198 Å². The minimum atomic E-state index is -1.57. The molecule has 6 N–H and O–H groups in total. The van der Waals surface area contributed by atoms with Gasteiger partial charge in [-0.15, -0.1) is 0 Å². The van der Waals surface area contributed by atoms with Crippen LogP contribution >= 0.6 is 0 Å². The maximum Gasteiger partial charge on any atom is 0.220 e. The van der Waals surface area contributed by atoms with Crippen LogP contribution in [0.1, 0.15) is 219 Å². The molecular formula is C50H93NO8. The Bertz CT molecular complexity index is 1020. The summed E-state index contributed by atoms with van der Waals surface area (Å²) in [5.41, 5.74) is 0. The van der Waals surface area contributed by atoms with E-state index < -0.39 is 49.5 Å². The molecule has 0 aromatic rings. The van der Waals surface area contributed by atoms with Crippen molar-refractivity contribution in [1.82, 2.24) is 5.32 Å². The molecule has 1 aliphatic rings. The highest BCUT2D eigenvalue weighted by atomic mass is 16.7. The molecule has 0 aliphatic carbocycles. The summed E-state index contributed by atoms with van der Waals surface area (Å²) in [7, 11) is 0. The Morgan fingerprint density at radius 1 is 0.576 bits per heavy atom. The summed E-state index contributed by atoms with van der Waals surface area (Å²) < 4.78 is 11.2. The van der Waals surface area contributed by atoms with Gasteiger partial charge in [0.1, 0.15) is 24.4 Å². The Balaban J connectivity index is 2.27. The Labute approximate surface area is 361 Å². The summed E-state index contributed by atoms with van der Waals surface area (Å²) in [4.78, 5) is 13.0. The molecule has 59 heavy (non-hydrogen) atoms. The van der Waals surface area contributed by atoms with Crippen LogP contribution in [0.4, 0.5) is 0 Å². The van der Waals surface area contributed by atoms with Crippen LogP contribution in [0.25, 0.3) is 0 Å². The van der Waals surface area contributed by atoms with Gasteiger partial charge in [0.05, 0.1) is 25.4 Å². The van der Waals surface area contributed by atoms with Crippen molar-refractivity contribution in [2.45, 2.75) is 262 Å². The zero-order valence-corrected chi connectivity index (χ0v) is 38.0. The number of aliphatic hydroxyl groups excluding tert-OH is 5. The van der Waals surface area contributed by atoms with Crippen LogP contribution in [0.15, 0.2) is 36.5 Å². The number of carbonyl (C=O) groups excluding carboxylic acids is 1. The molecule has 0 spiro atoms. The highest BCUT2D eigenvalue weighted by molar-refractivity contribution is 5.76. The molecule has 346 valence electrons. The van der Waals surface area contributed by atoms with E-state index in [9.17, 15) is 30.3 Å². The summed E-state index contributed by atoms with van der Waals surface area (Å²) in [6.07, 6.45) is 43.3. The van der Waals surface area contributed by atoms with Crippen molar-refractivity contribution in [2.24, 2.45) is 0 Å². The summed E-state index contributed by atoms with van der Waals surface area (Å²) in [5, 5.41) is 54.2. The van der Waals surface area contributed by atoms with E-state index >= 15 is 0 Å². The maximum atomic E-state index is 13.0. The Morgan fingerprint density at radius 3 is 1.46 bits per heavy atom. The molecule has 0 bridgehead atoms. The van der Waals surface area contributed by atoms with Crippen LogP contribution in [0.5, 0.6) is 0 Å². The lowest BCUT2D eigenvalue weighted by Crippen LogP contribution is -2.60. The van der Waals surface area contributed by atoms with Crippen molar-refractivity contribution >= 4 is 5.91 Å². The highest BCUT2D eigenvalue weighted by Crippen LogP contribution is 2.23. The summed E-state index contributed by atoms with van der Waals surface area (Å²) in [6.45, 7) is 3.76. The van der Waals surface area contributed by atoms with Crippen LogP contribution in [-0.4, -0.2) is 87.5 Å².